The van der Waals surface area contributed by atoms with E-state index in [0.29, 0.717) is 41.7 Å². The predicted octanol–water partition coefficient (Wildman–Crippen LogP) is 2.14. The molecule has 0 fully saturated rings. The van der Waals surface area contributed by atoms with Crippen LogP contribution in [0.3, 0.4) is 0 Å². The summed E-state index contributed by atoms with van der Waals surface area (Å²) in [6.07, 6.45) is 0.0158. The highest BCUT2D eigenvalue weighted by molar-refractivity contribution is 5.94. The third kappa shape index (κ3) is 5.47. The quantitative estimate of drug-likeness (QED) is 0.740. The molecule has 2 N–H and O–H groups in total. The van der Waals surface area contributed by atoms with Crippen molar-refractivity contribution in [1.29, 1.82) is 0 Å². The van der Waals surface area contributed by atoms with Crippen molar-refractivity contribution in [2.45, 2.75) is 13.3 Å². The van der Waals surface area contributed by atoms with Gasteiger partial charge in [0.25, 0.3) is 5.91 Å². The number of ether oxygens (including phenoxy) is 3. The SMILES string of the molecule is CC(=O)Nc1cccc(NC(=O)COC(=O)Cc2ccc3c(c2)OCCO3)c1. The van der Waals surface area contributed by atoms with Crippen LogP contribution in [0.25, 0.3) is 0 Å². The van der Waals surface area contributed by atoms with Gasteiger partial charge >= 0.3 is 5.97 Å². The molecule has 2 aromatic rings. The normalized spacial score (nSPS) is 12.0. The summed E-state index contributed by atoms with van der Waals surface area (Å²) in [6.45, 7) is 1.95. The Labute approximate surface area is 161 Å². The molecule has 2 aromatic carbocycles. The van der Waals surface area contributed by atoms with Crippen LogP contribution in [0.4, 0.5) is 11.4 Å². The number of fused-ring (bicyclic) bond motifs is 1. The number of nitrogens with one attached hydrogen (secondary N) is 2. The van der Waals surface area contributed by atoms with E-state index in [2.05, 4.69) is 10.6 Å². The van der Waals surface area contributed by atoms with Gasteiger partial charge in [-0.1, -0.05) is 12.1 Å². The summed E-state index contributed by atoms with van der Waals surface area (Å²) < 4.78 is 15.9. The van der Waals surface area contributed by atoms with Crippen molar-refractivity contribution in [3.63, 3.8) is 0 Å². The molecule has 0 saturated carbocycles. The molecule has 8 nitrogen and oxygen atoms in total. The molecule has 0 spiro atoms. The Kier molecular flexibility index (Phi) is 6.11. The number of hydrogen-bond donors (Lipinski definition) is 2. The summed E-state index contributed by atoms with van der Waals surface area (Å²) in [5.74, 6) is 0.0171. The number of hydrogen-bond acceptors (Lipinski definition) is 6. The van der Waals surface area contributed by atoms with E-state index in [9.17, 15) is 14.4 Å². The molecule has 1 heterocycles. The number of esters is 1. The maximum Gasteiger partial charge on any atom is 0.310 e. The lowest BCUT2D eigenvalue weighted by atomic mass is 10.1. The number of benzene rings is 2. The molecule has 8 heteroatoms. The van der Waals surface area contributed by atoms with Crippen molar-refractivity contribution in [2.75, 3.05) is 30.5 Å². The summed E-state index contributed by atoms with van der Waals surface area (Å²) >= 11 is 0. The minimum atomic E-state index is -0.529. The molecular formula is C20H20N2O6. The van der Waals surface area contributed by atoms with Gasteiger partial charge in [-0.05, 0) is 35.9 Å². The highest BCUT2D eigenvalue weighted by atomic mass is 16.6. The molecule has 0 saturated heterocycles. The fourth-order valence-corrected chi connectivity index (χ4v) is 2.64. The zero-order valence-corrected chi connectivity index (χ0v) is 15.3. The van der Waals surface area contributed by atoms with Crippen LogP contribution in [0, 0.1) is 0 Å². The van der Waals surface area contributed by atoms with Crippen LogP contribution in [-0.4, -0.2) is 37.6 Å². The second-order valence-electron chi connectivity index (χ2n) is 6.13. The Balaban J connectivity index is 1.48. The van der Waals surface area contributed by atoms with Crippen LogP contribution in [0.5, 0.6) is 11.5 Å². The van der Waals surface area contributed by atoms with Crippen molar-refractivity contribution < 1.29 is 28.6 Å². The first kappa shape index (κ1) is 19.2. The summed E-state index contributed by atoms with van der Waals surface area (Å²) in [5.41, 5.74) is 1.75. The topological polar surface area (TPSA) is 103 Å². The highest BCUT2D eigenvalue weighted by Crippen LogP contribution is 2.30. The van der Waals surface area contributed by atoms with E-state index in [1.54, 1.807) is 42.5 Å². The van der Waals surface area contributed by atoms with Gasteiger partial charge in [0.1, 0.15) is 13.2 Å². The maximum atomic E-state index is 12.0. The molecule has 0 aliphatic carbocycles. The second-order valence-corrected chi connectivity index (χ2v) is 6.13. The highest BCUT2D eigenvalue weighted by Gasteiger charge is 2.14. The molecule has 28 heavy (non-hydrogen) atoms. The van der Waals surface area contributed by atoms with Crippen LogP contribution in [0.2, 0.25) is 0 Å². The number of amides is 2. The summed E-state index contributed by atoms with van der Waals surface area (Å²) in [7, 11) is 0. The fraction of sp³-hybridized carbons (Fsp3) is 0.250. The van der Waals surface area contributed by atoms with Crippen molar-refractivity contribution in [2.24, 2.45) is 0 Å². The van der Waals surface area contributed by atoms with Crippen molar-refractivity contribution in [1.82, 2.24) is 0 Å². The molecule has 2 amide bonds. The van der Waals surface area contributed by atoms with Gasteiger partial charge in [0.15, 0.2) is 18.1 Å². The summed E-state index contributed by atoms with van der Waals surface area (Å²) in [6, 6.07) is 11.9. The van der Waals surface area contributed by atoms with Crippen LogP contribution in [-0.2, 0) is 25.5 Å². The first-order chi connectivity index (χ1) is 13.5. The largest absolute Gasteiger partial charge is 0.486 e. The molecule has 0 atom stereocenters. The molecule has 0 aromatic heterocycles. The van der Waals surface area contributed by atoms with E-state index in [4.69, 9.17) is 14.2 Å². The number of carbonyl (C=O) groups excluding carboxylic acids is 3. The lowest BCUT2D eigenvalue weighted by Gasteiger charge is -2.18. The van der Waals surface area contributed by atoms with Crippen molar-refractivity contribution in [3.05, 3.63) is 48.0 Å². The van der Waals surface area contributed by atoms with Crippen molar-refractivity contribution >= 4 is 29.2 Å². The van der Waals surface area contributed by atoms with Gasteiger partial charge < -0.3 is 24.8 Å². The van der Waals surface area contributed by atoms with E-state index in [1.807, 2.05) is 0 Å². The number of carbonyl (C=O) groups is 3. The second kappa shape index (κ2) is 8.90. The van der Waals surface area contributed by atoms with Crippen LogP contribution in [0.1, 0.15) is 12.5 Å². The Morgan fingerprint density at radius 3 is 2.43 bits per heavy atom. The van der Waals surface area contributed by atoms with Crippen LogP contribution >= 0.6 is 0 Å². The van der Waals surface area contributed by atoms with Crippen LogP contribution in [0.15, 0.2) is 42.5 Å². The number of anilines is 2. The zero-order valence-electron chi connectivity index (χ0n) is 15.3. The summed E-state index contributed by atoms with van der Waals surface area (Å²) in [5, 5.41) is 5.23. The van der Waals surface area contributed by atoms with Gasteiger partial charge in [-0.25, -0.2) is 0 Å². The molecule has 3 rings (SSSR count). The van der Waals surface area contributed by atoms with Gasteiger partial charge in [-0.3, -0.25) is 14.4 Å². The van der Waals surface area contributed by atoms with E-state index < -0.39 is 18.5 Å². The molecule has 146 valence electrons. The van der Waals surface area contributed by atoms with Gasteiger partial charge in [0, 0.05) is 18.3 Å². The van der Waals surface area contributed by atoms with E-state index in [-0.39, 0.29) is 12.3 Å². The molecule has 0 unspecified atom stereocenters. The third-order valence-corrected chi connectivity index (χ3v) is 3.79. The molecule has 1 aliphatic rings. The van der Waals surface area contributed by atoms with Crippen molar-refractivity contribution in [3.8, 4) is 11.5 Å². The Hall–Kier alpha value is -3.55. The zero-order chi connectivity index (χ0) is 19.9. The first-order valence-electron chi connectivity index (χ1n) is 8.71. The average molecular weight is 384 g/mol. The van der Waals surface area contributed by atoms with E-state index in [0.717, 1.165) is 0 Å². The smallest absolute Gasteiger partial charge is 0.310 e. The van der Waals surface area contributed by atoms with Gasteiger partial charge in [-0.2, -0.15) is 0 Å². The van der Waals surface area contributed by atoms with E-state index >= 15 is 0 Å². The number of rotatable bonds is 6. The predicted molar refractivity (Wildman–Crippen MR) is 101 cm³/mol. The fourth-order valence-electron chi connectivity index (χ4n) is 2.64. The monoisotopic (exact) mass is 384 g/mol. The van der Waals surface area contributed by atoms with Crippen LogP contribution < -0.4 is 20.1 Å². The third-order valence-electron chi connectivity index (χ3n) is 3.79. The summed E-state index contributed by atoms with van der Waals surface area (Å²) in [4.78, 5) is 35.1. The van der Waals surface area contributed by atoms with Gasteiger partial charge in [-0.15, -0.1) is 0 Å². The minimum absolute atomic E-state index is 0.0158. The molecule has 0 bridgehead atoms. The maximum absolute atomic E-state index is 12.0. The lowest BCUT2D eigenvalue weighted by molar-refractivity contribution is -0.146. The minimum Gasteiger partial charge on any atom is -0.486 e. The van der Waals surface area contributed by atoms with E-state index in [1.165, 1.54) is 6.92 Å². The standard InChI is InChI=1S/C20H20N2O6/c1-13(23)21-15-3-2-4-16(11-15)22-19(24)12-28-20(25)10-14-5-6-17-18(9-14)27-8-7-26-17/h2-6,9,11H,7-8,10,12H2,1H3,(H,21,23)(H,22,24). The molecule has 1 aliphatic heterocycles. The van der Waals surface area contributed by atoms with Gasteiger partial charge in [0.05, 0.1) is 6.42 Å². The lowest BCUT2D eigenvalue weighted by Crippen LogP contribution is -2.22. The molecular weight excluding hydrogens is 364 g/mol. The molecule has 0 radical (unpaired) electrons. The Bertz CT molecular complexity index is 896. The Morgan fingerprint density at radius 2 is 1.68 bits per heavy atom. The average Bonchev–Trinajstić information content (AvgIpc) is 2.66. The first-order valence-corrected chi connectivity index (χ1v) is 8.71. The van der Waals surface area contributed by atoms with Gasteiger partial charge in [0.2, 0.25) is 5.91 Å². The Morgan fingerprint density at radius 1 is 0.964 bits per heavy atom.